The molecule has 134 valence electrons. The number of ketones is 1. The Kier molecular flexibility index (Phi) is 3.28. The summed E-state index contributed by atoms with van der Waals surface area (Å²) in [6, 6.07) is 0. The van der Waals surface area contributed by atoms with Gasteiger partial charge in [-0.25, -0.2) is 4.79 Å². The summed E-state index contributed by atoms with van der Waals surface area (Å²) in [5.41, 5.74) is 1.09. The lowest BCUT2D eigenvalue weighted by Gasteiger charge is -2.47. The second-order valence-electron chi connectivity index (χ2n) is 8.57. The number of hydrogen-bond donors (Lipinski definition) is 1. The van der Waals surface area contributed by atoms with Gasteiger partial charge in [0.2, 0.25) is 0 Å². The van der Waals surface area contributed by atoms with E-state index in [-0.39, 0.29) is 35.2 Å². The molecule has 0 saturated heterocycles. The molecular weight excluding hydrogens is 320 g/mol. The maximum absolute atomic E-state index is 13.0. The first-order valence-corrected chi connectivity index (χ1v) is 9.03. The molecule has 0 aromatic rings. The Morgan fingerprint density at radius 2 is 1.84 bits per heavy atom. The molecule has 1 fully saturated rings. The number of carbonyl (C=O) groups is 3. The predicted molar refractivity (Wildman–Crippen MR) is 89.2 cm³/mol. The number of fused-ring (bicyclic) bond motifs is 2. The van der Waals surface area contributed by atoms with Gasteiger partial charge in [-0.3, -0.25) is 9.59 Å². The van der Waals surface area contributed by atoms with Gasteiger partial charge in [-0.1, -0.05) is 25.0 Å². The van der Waals surface area contributed by atoms with Gasteiger partial charge in [-0.2, -0.15) is 0 Å². The first-order chi connectivity index (χ1) is 11.6. The van der Waals surface area contributed by atoms with Crippen molar-refractivity contribution in [2.75, 3.05) is 0 Å². The van der Waals surface area contributed by atoms with Crippen molar-refractivity contribution in [3.63, 3.8) is 0 Å². The average molecular weight is 344 g/mol. The Morgan fingerprint density at radius 3 is 2.44 bits per heavy atom. The Bertz CT molecular complexity index is 788. The number of hydrogen-bond acceptors (Lipinski definition) is 5. The molecule has 5 heteroatoms. The number of cyclic esters (lactones) is 2. The van der Waals surface area contributed by atoms with Gasteiger partial charge in [0.05, 0.1) is 11.7 Å². The molecule has 1 aliphatic heterocycles. The van der Waals surface area contributed by atoms with Crippen LogP contribution in [-0.2, 0) is 19.1 Å². The molecule has 5 atom stereocenters. The number of ether oxygens (including phenoxy) is 1. The Morgan fingerprint density at radius 1 is 1.20 bits per heavy atom. The highest BCUT2D eigenvalue weighted by atomic mass is 16.6. The average Bonchev–Trinajstić information content (AvgIpc) is 3.24. The molecule has 0 bridgehead atoms. The number of allylic oxidation sites excluding steroid dienone is 2. The highest BCUT2D eigenvalue weighted by molar-refractivity contribution is 6.12. The van der Waals surface area contributed by atoms with E-state index in [4.69, 9.17) is 4.74 Å². The van der Waals surface area contributed by atoms with Crippen molar-refractivity contribution in [2.45, 2.75) is 59.5 Å². The van der Waals surface area contributed by atoms with Crippen molar-refractivity contribution in [3.05, 3.63) is 22.3 Å². The third-order valence-electron chi connectivity index (χ3n) is 7.41. The lowest BCUT2D eigenvalue weighted by atomic mass is 9.55. The first-order valence-electron chi connectivity index (χ1n) is 9.03. The second-order valence-corrected chi connectivity index (χ2v) is 8.57. The maximum Gasteiger partial charge on any atom is 0.342 e. The van der Waals surface area contributed by atoms with Gasteiger partial charge in [0.1, 0.15) is 5.41 Å². The van der Waals surface area contributed by atoms with Crippen LogP contribution in [0, 0.1) is 22.7 Å². The van der Waals surface area contributed by atoms with E-state index in [1.165, 1.54) is 5.57 Å². The zero-order valence-electron chi connectivity index (χ0n) is 15.1. The minimum Gasteiger partial charge on any atom is -0.389 e. The molecule has 3 aliphatic carbocycles. The molecule has 0 amide bonds. The lowest BCUT2D eigenvalue weighted by Crippen LogP contribution is -2.45. The largest absolute Gasteiger partial charge is 0.389 e. The molecule has 4 rings (SSSR count). The van der Waals surface area contributed by atoms with Crippen molar-refractivity contribution >= 4 is 17.7 Å². The summed E-state index contributed by atoms with van der Waals surface area (Å²) in [6.45, 7) is 7.90. The van der Waals surface area contributed by atoms with Crippen LogP contribution in [-0.4, -0.2) is 28.9 Å². The predicted octanol–water partition coefficient (Wildman–Crippen LogP) is 2.48. The highest BCUT2D eigenvalue weighted by Crippen LogP contribution is 2.62. The zero-order chi connectivity index (χ0) is 18.3. The summed E-state index contributed by atoms with van der Waals surface area (Å²) >= 11 is 0. The van der Waals surface area contributed by atoms with E-state index < -0.39 is 28.9 Å². The number of rotatable bonds is 0. The minimum atomic E-state index is -1.24. The van der Waals surface area contributed by atoms with Crippen LogP contribution in [0.25, 0.3) is 0 Å². The van der Waals surface area contributed by atoms with E-state index in [0.717, 1.165) is 12.0 Å². The number of aliphatic hydroxyl groups is 1. The molecule has 0 aromatic heterocycles. The molecule has 25 heavy (non-hydrogen) atoms. The lowest BCUT2D eigenvalue weighted by molar-refractivity contribution is -0.163. The highest BCUT2D eigenvalue weighted by Gasteiger charge is 2.68. The van der Waals surface area contributed by atoms with Crippen LogP contribution in [0.5, 0.6) is 0 Å². The molecular formula is C20H24O5. The van der Waals surface area contributed by atoms with E-state index in [0.29, 0.717) is 12.8 Å². The van der Waals surface area contributed by atoms with Crippen molar-refractivity contribution in [2.24, 2.45) is 22.7 Å². The standard InChI is InChI=1S/C20H24O5/c1-9-5-6-19(4)12(11(9)3)7-13(21)14-15(19)17(23)25-18(24)20(16(14)22)8-10(20)2/h10,12,16,22H,5-8H2,1-4H3/t10-,12?,16+,19-,20-/m0/s1. The fraction of sp³-hybridized carbons (Fsp3) is 0.650. The van der Waals surface area contributed by atoms with Crippen LogP contribution >= 0.6 is 0 Å². The fourth-order valence-corrected chi connectivity index (χ4v) is 5.36. The van der Waals surface area contributed by atoms with Crippen LogP contribution in [0.15, 0.2) is 22.3 Å². The fourth-order valence-electron chi connectivity index (χ4n) is 5.36. The van der Waals surface area contributed by atoms with Gasteiger partial charge < -0.3 is 9.84 Å². The van der Waals surface area contributed by atoms with E-state index in [2.05, 4.69) is 6.92 Å². The monoisotopic (exact) mass is 344 g/mol. The summed E-state index contributed by atoms with van der Waals surface area (Å²) in [7, 11) is 0. The second kappa shape index (κ2) is 4.91. The minimum absolute atomic E-state index is 0.0759. The molecule has 1 spiro atoms. The van der Waals surface area contributed by atoms with Crippen LogP contribution in [0.2, 0.25) is 0 Å². The normalized spacial score (nSPS) is 43.7. The molecule has 1 N–H and O–H groups in total. The van der Waals surface area contributed by atoms with E-state index in [1.54, 1.807) is 0 Å². The van der Waals surface area contributed by atoms with Crippen LogP contribution < -0.4 is 0 Å². The third-order valence-corrected chi connectivity index (χ3v) is 7.41. The zero-order valence-corrected chi connectivity index (χ0v) is 15.1. The van der Waals surface area contributed by atoms with Gasteiger partial charge in [0.15, 0.2) is 5.78 Å². The molecule has 4 aliphatic rings. The Labute approximate surface area is 147 Å². The summed E-state index contributed by atoms with van der Waals surface area (Å²) in [4.78, 5) is 38.3. The van der Waals surface area contributed by atoms with Gasteiger partial charge in [0.25, 0.3) is 0 Å². The number of aliphatic hydroxyl groups excluding tert-OH is 1. The van der Waals surface area contributed by atoms with Crippen LogP contribution in [0.1, 0.15) is 53.4 Å². The molecule has 1 saturated carbocycles. The summed E-state index contributed by atoms with van der Waals surface area (Å²) in [5.74, 6) is -1.80. The van der Waals surface area contributed by atoms with Gasteiger partial charge in [-0.05, 0) is 44.9 Å². The van der Waals surface area contributed by atoms with Gasteiger partial charge in [-0.15, -0.1) is 0 Å². The first kappa shape index (κ1) is 16.7. The summed E-state index contributed by atoms with van der Waals surface area (Å²) in [5, 5.41) is 11.0. The molecule has 1 unspecified atom stereocenters. The molecule has 0 aromatic carbocycles. The summed E-state index contributed by atoms with van der Waals surface area (Å²) in [6.07, 6.45) is 1.03. The number of esters is 2. The third kappa shape index (κ3) is 1.90. The van der Waals surface area contributed by atoms with Crippen molar-refractivity contribution < 1.29 is 24.2 Å². The van der Waals surface area contributed by atoms with Gasteiger partial charge in [0, 0.05) is 17.4 Å². The molecule has 5 nitrogen and oxygen atoms in total. The van der Waals surface area contributed by atoms with Crippen LogP contribution in [0.4, 0.5) is 0 Å². The number of Topliss-reactive ketones (excluding diaryl/α,β-unsaturated/α-hetero) is 1. The quantitative estimate of drug-likeness (QED) is 0.415. The van der Waals surface area contributed by atoms with E-state index in [9.17, 15) is 19.5 Å². The smallest absolute Gasteiger partial charge is 0.342 e. The van der Waals surface area contributed by atoms with Crippen molar-refractivity contribution in [1.82, 2.24) is 0 Å². The van der Waals surface area contributed by atoms with Crippen molar-refractivity contribution in [1.29, 1.82) is 0 Å². The molecule has 0 radical (unpaired) electrons. The van der Waals surface area contributed by atoms with E-state index >= 15 is 0 Å². The summed E-state index contributed by atoms with van der Waals surface area (Å²) < 4.78 is 5.16. The number of carbonyl (C=O) groups excluding carboxylic acids is 3. The molecule has 1 heterocycles. The Hall–Kier alpha value is -1.75. The maximum atomic E-state index is 13.0. The van der Waals surface area contributed by atoms with Crippen LogP contribution in [0.3, 0.4) is 0 Å². The van der Waals surface area contributed by atoms with Gasteiger partial charge >= 0.3 is 11.9 Å². The Balaban J connectivity index is 1.93. The SMILES string of the molecule is CC1=C(C)C2CC(=O)C3=C(C(=O)OC(=O)[C@]4(C[C@@H]4C)[C@@H]3O)[C@@]2(C)CC1. The van der Waals surface area contributed by atoms with Crippen molar-refractivity contribution in [3.8, 4) is 0 Å². The van der Waals surface area contributed by atoms with E-state index in [1.807, 2.05) is 20.8 Å². The topological polar surface area (TPSA) is 80.7 Å².